The lowest BCUT2D eigenvalue weighted by molar-refractivity contribution is -0.0349. The Balaban J connectivity index is 1.39. The van der Waals surface area contributed by atoms with Crippen molar-refractivity contribution in [3.63, 3.8) is 0 Å². The summed E-state index contributed by atoms with van der Waals surface area (Å²) in [7, 11) is 1.87. The van der Waals surface area contributed by atoms with Crippen LogP contribution in [0.15, 0.2) is 4.52 Å². The summed E-state index contributed by atoms with van der Waals surface area (Å²) >= 11 is 1.43. The number of nitrogen functional groups attached to an aromatic ring is 1. The average molecular weight is 628 g/mol. The lowest BCUT2D eigenvalue weighted by Gasteiger charge is -2.30. The van der Waals surface area contributed by atoms with Crippen LogP contribution in [-0.2, 0) is 16.6 Å². The smallest absolute Gasteiger partial charge is 0.322 e. The second-order valence-corrected chi connectivity index (χ2v) is 13.9. The number of nitrogens with two attached hydrogens (primary N) is 1. The third kappa shape index (κ3) is 5.71. The maximum atomic E-state index is 14.2. The van der Waals surface area contributed by atoms with Crippen LogP contribution in [0, 0.1) is 11.3 Å². The largest absolute Gasteiger partial charge is 0.459 e. The van der Waals surface area contributed by atoms with Crippen molar-refractivity contribution in [1.29, 1.82) is 5.26 Å². The van der Waals surface area contributed by atoms with Crippen LogP contribution in [0.4, 0.5) is 15.3 Å². The first kappa shape index (κ1) is 30.6. The first-order valence-corrected chi connectivity index (χ1v) is 15.7. The number of rotatable bonds is 6. The van der Waals surface area contributed by atoms with Crippen molar-refractivity contribution in [2.45, 2.75) is 88.8 Å². The number of aryl methyl sites for hydroxylation is 1. The minimum atomic E-state index is -1.15. The fraction of sp³-hybridized carbons (Fsp3) is 0.655. The fourth-order valence-electron chi connectivity index (χ4n) is 6.61. The van der Waals surface area contributed by atoms with Gasteiger partial charge in [0.1, 0.15) is 28.9 Å². The van der Waals surface area contributed by atoms with Gasteiger partial charge in [-0.3, -0.25) is 4.90 Å². The zero-order valence-corrected chi connectivity index (χ0v) is 26.4. The molecule has 2 unspecified atom stereocenters. The predicted octanol–water partition coefficient (Wildman–Crippen LogP) is 2.86. The van der Waals surface area contributed by atoms with Crippen molar-refractivity contribution in [3.8, 4) is 23.7 Å². The molecule has 236 valence electrons. The molecule has 15 heteroatoms. The molecule has 3 N–H and O–H groups in total. The molecule has 2 fully saturated rings. The van der Waals surface area contributed by atoms with Gasteiger partial charge in [-0.15, -0.1) is 11.3 Å². The normalized spacial score (nSPS) is 30.0. The molecular formula is C29H38FN9O4S. The van der Waals surface area contributed by atoms with Crippen LogP contribution in [0.25, 0.3) is 11.6 Å². The van der Waals surface area contributed by atoms with Crippen molar-refractivity contribution in [1.82, 2.24) is 30.0 Å². The maximum absolute atomic E-state index is 14.2. The second-order valence-electron chi connectivity index (χ2n) is 12.8. The number of nitriles is 1. The summed E-state index contributed by atoms with van der Waals surface area (Å²) in [5.74, 6) is 0.844. The molecule has 3 aromatic heterocycles. The van der Waals surface area contributed by atoms with E-state index in [1.54, 1.807) is 6.92 Å². The summed E-state index contributed by atoms with van der Waals surface area (Å²) < 4.78 is 32.0. The molecule has 0 amide bonds. The van der Waals surface area contributed by atoms with E-state index in [2.05, 4.69) is 21.2 Å². The van der Waals surface area contributed by atoms with Gasteiger partial charge in [-0.25, -0.2) is 4.39 Å². The van der Waals surface area contributed by atoms with E-state index < -0.39 is 23.3 Å². The Morgan fingerprint density at radius 2 is 2.02 bits per heavy atom. The molecule has 2 saturated heterocycles. The van der Waals surface area contributed by atoms with Crippen molar-refractivity contribution in [2.75, 3.05) is 43.9 Å². The number of anilines is 2. The fourth-order valence-corrected chi connectivity index (χ4v) is 7.80. The van der Waals surface area contributed by atoms with Gasteiger partial charge < -0.3 is 29.7 Å². The van der Waals surface area contributed by atoms with E-state index in [4.69, 9.17) is 29.7 Å². The number of likely N-dealkylation sites (tertiary alicyclic amines) is 1. The highest BCUT2D eigenvalue weighted by Gasteiger charge is 2.43. The average Bonchev–Trinajstić information content (AvgIpc) is 3.66. The lowest BCUT2D eigenvalue weighted by atomic mass is 9.72. The molecule has 2 aliphatic heterocycles. The van der Waals surface area contributed by atoms with Crippen LogP contribution in [0.5, 0.6) is 6.01 Å². The predicted molar refractivity (Wildman–Crippen MR) is 160 cm³/mol. The molecule has 3 aliphatic rings. The summed E-state index contributed by atoms with van der Waals surface area (Å²) in [5, 5.41) is 25.5. The first-order valence-electron chi connectivity index (χ1n) is 14.9. The number of fused-ring (bicyclic) bond motifs is 1. The Kier molecular flexibility index (Phi) is 7.98. The summed E-state index contributed by atoms with van der Waals surface area (Å²) in [6.07, 6.45) is 1.20. The van der Waals surface area contributed by atoms with Crippen molar-refractivity contribution in [2.24, 2.45) is 0 Å². The number of aromatic nitrogens is 5. The molecule has 0 aromatic carbocycles. The minimum absolute atomic E-state index is 0.0283. The number of hydrogen-bond donors (Lipinski definition) is 2. The lowest BCUT2D eigenvalue weighted by Crippen LogP contribution is -2.43. The Hall–Kier alpha value is -3.45. The zero-order chi connectivity index (χ0) is 31.4. The van der Waals surface area contributed by atoms with Crippen molar-refractivity contribution >= 4 is 22.3 Å². The first-order chi connectivity index (χ1) is 20.9. The second kappa shape index (κ2) is 11.5. The molecule has 13 nitrogen and oxygen atoms in total. The topological polar surface area (TPSA) is 173 Å². The van der Waals surface area contributed by atoms with Crippen LogP contribution in [0.1, 0.15) is 68.9 Å². The van der Waals surface area contributed by atoms with Crippen LogP contribution in [0.3, 0.4) is 0 Å². The molecule has 3 aromatic rings. The maximum Gasteiger partial charge on any atom is 0.322 e. The monoisotopic (exact) mass is 627 g/mol. The third-order valence-corrected chi connectivity index (χ3v) is 9.89. The number of hydrogen-bond acceptors (Lipinski definition) is 14. The molecule has 0 saturated carbocycles. The van der Waals surface area contributed by atoms with Gasteiger partial charge in [-0.2, -0.15) is 25.2 Å². The van der Waals surface area contributed by atoms with Gasteiger partial charge >= 0.3 is 6.01 Å². The molecule has 5 heterocycles. The Morgan fingerprint density at radius 1 is 1.23 bits per heavy atom. The summed E-state index contributed by atoms with van der Waals surface area (Å²) in [5.41, 5.74) is 5.63. The van der Waals surface area contributed by atoms with Crippen molar-refractivity contribution in [3.05, 3.63) is 21.9 Å². The highest BCUT2D eigenvalue weighted by atomic mass is 32.1. The number of nitrogens with zero attached hydrogens (tertiary/aromatic N) is 8. The standard InChI is InChI=1S/C29H38FN9O4S/c1-15-11-39(13-28(3,40)14-41-15)26-34-23(35-27(36-26)42-16(2)19-9-17(30)12-38(19)5)24-33-25(43-37-24)29(4)8-6-7-20-21(29)18(10-31)22(32)44-20/h15-17,19,40H,6-9,11-14,32H2,1-5H3/t15?,16-,17+,19-,28?,29-/m0/s1. The molecular weight excluding hydrogens is 589 g/mol. The van der Waals surface area contributed by atoms with E-state index in [0.717, 1.165) is 23.3 Å². The number of ether oxygens (including phenoxy) is 2. The summed E-state index contributed by atoms with van der Waals surface area (Å²) in [6.45, 7) is 8.58. The SMILES string of the molecule is CC1CN(c2nc(O[C@@H](C)[C@@H]3C[C@@H](F)CN3C)nc(-c3noc([C@@]4(C)CCCc5sc(N)c(C#N)c54)n3)n2)CC(C)(O)CO1. The van der Waals surface area contributed by atoms with E-state index in [1.807, 2.05) is 37.6 Å². The summed E-state index contributed by atoms with van der Waals surface area (Å²) in [6, 6.07) is 2.13. The molecule has 44 heavy (non-hydrogen) atoms. The number of aliphatic hydroxyl groups is 1. The summed E-state index contributed by atoms with van der Waals surface area (Å²) in [4.78, 5) is 23.4. The highest BCUT2D eigenvalue weighted by Crippen LogP contribution is 2.48. The van der Waals surface area contributed by atoms with Gasteiger partial charge in [-0.1, -0.05) is 5.16 Å². The number of likely N-dealkylation sites (N-methyl/N-ethyl adjacent to an activating group) is 1. The number of halogens is 1. The van der Waals surface area contributed by atoms with Crippen LogP contribution < -0.4 is 15.4 Å². The van der Waals surface area contributed by atoms with Crippen molar-refractivity contribution < 1.29 is 23.5 Å². The quantitative estimate of drug-likeness (QED) is 0.409. The van der Waals surface area contributed by atoms with Crippen LogP contribution >= 0.6 is 11.3 Å². The number of β-amino-alcohol motifs (C(OH)–C–C–N with tert-alkyl or cyclic N) is 1. The van der Waals surface area contributed by atoms with Gasteiger partial charge in [0.05, 0.1) is 30.2 Å². The van der Waals surface area contributed by atoms with Gasteiger partial charge in [0, 0.05) is 29.6 Å². The number of alkyl halides is 1. The molecule has 1 aliphatic carbocycles. The van der Waals surface area contributed by atoms with E-state index >= 15 is 0 Å². The van der Waals surface area contributed by atoms with E-state index in [9.17, 15) is 14.8 Å². The minimum Gasteiger partial charge on any atom is -0.459 e. The molecule has 0 radical (unpaired) electrons. The van der Waals surface area contributed by atoms with Crippen LogP contribution in [0.2, 0.25) is 0 Å². The molecule has 0 bridgehead atoms. The Bertz CT molecular complexity index is 1570. The zero-order valence-electron chi connectivity index (χ0n) is 25.6. The molecule has 6 atom stereocenters. The van der Waals surface area contributed by atoms with Gasteiger partial charge in [0.25, 0.3) is 0 Å². The Morgan fingerprint density at radius 3 is 2.75 bits per heavy atom. The molecule has 6 rings (SSSR count). The van der Waals surface area contributed by atoms with Gasteiger partial charge in [0.15, 0.2) is 0 Å². The van der Waals surface area contributed by atoms with Gasteiger partial charge in [-0.05, 0) is 60.4 Å². The highest BCUT2D eigenvalue weighted by molar-refractivity contribution is 7.16. The molecule has 0 spiro atoms. The number of thiophene rings is 1. The third-order valence-electron chi connectivity index (χ3n) is 8.81. The van der Waals surface area contributed by atoms with Gasteiger partial charge in [0.2, 0.25) is 23.5 Å². The van der Waals surface area contributed by atoms with Crippen LogP contribution in [-0.4, -0.2) is 98.4 Å². The van der Waals surface area contributed by atoms with E-state index in [0.29, 0.717) is 42.4 Å². The van der Waals surface area contributed by atoms with E-state index in [1.165, 1.54) is 11.3 Å². The van der Waals surface area contributed by atoms with E-state index in [-0.39, 0.29) is 48.9 Å². The Labute approximate surface area is 259 Å².